The molecule has 0 spiro atoms. The number of hydrogen-bond acceptors (Lipinski definition) is 5. The Labute approximate surface area is 210 Å². The number of benzene rings is 2. The van der Waals surface area contributed by atoms with Gasteiger partial charge in [0.25, 0.3) is 0 Å². The van der Waals surface area contributed by atoms with Crippen LogP contribution in [0.2, 0.25) is 5.02 Å². The maximum absolute atomic E-state index is 12.5. The van der Waals surface area contributed by atoms with Crippen molar-refractivity contribution in [2.75, 3.05) is 11.1 Å². The Morgan fingerprint density at radius 1 is 1.16 bits per heavy atom. The quantitative estimate of drug-likeness (QED) is 0.225. The molecule has 2 aromatic carbocycles. The number of nitrogens with one attached hydrogen (secondary N) is 1. The van der Waals surface area contributed by atoms with Crippen LogP contribution in [0, 0.1) is 13.8 Å². The lowest BCUT2D eigenvalue weighted by atomic mass is 10.1. The molecule has 3 rings (SSSR count). The van der Waals surface area contributed by atoms with Gasteiger partial charge in [0.1, 0.15) is 5.82 Å². The van der Waals surface area contributed by atoms with Gasteiger partial charge in [0.15, 0.2) is 5.16 Å². The van der Waals surface area contributed by atoms with Crippen LogP contribution in [0.3, 0.4) is 0 Å². The molecule has 168 valence electrons. The largest absolute Gasteiger partial charge is 0.325 e. The molecule has 0 saturated carbocycles. The van der Waals surface area contributed by atoms with E-state index in [0.29, 0.717) is 17.5 Å². The summed E-state index contributed by atoms with van der Waals surface area (Å²) in [4.78, 5) is 12.5. The average Bonchev–Trinajstić information content (AvgIpc) is 3.16. The van der Waals surface area contributed by atoms with Gasteiger partial charge in [0.05, 0.1) is 11.5 Å². The first-order valence-electron chi connectivity index (χ1n) is 9.92. The first-order valence-corrected chi connectivity index (χ1v) is 13.2. The molecule has 0 atom stereocenters. The molecule has 1 amide bonds. The van der Waals surface area contributed by atoms with Crippen molar-refractivity contribution < 1.29 is 4.79 Å². The maximum atomic E-state index is 12.5. The van der Waals surface area contributed by atoms with Gasteiger partial charge in [-0.1, -0.05) is 57.5 Å². The highest BCUT2D eigenvalue weighted by atomic mass is 79.9. The van der Waals surface area contributed by atoms with Crippen molar-refractivity contribution in [1.29, 1.82) is 0 Å². The van der Waals surface area contributed by atoms with Crippen LogP contribution in [0.5, 0.6) is 0 Å². The van der Waals surface area contributed by atoms with Crippen LogP contribution >= 0.6 is 51.1 Å². The van der Waals surface area contributed by atoms with Crippen LogP contribution in [0.1, 0.15) is 22.5 Å². The molecule has 1 aromatic heterocycles. The molecule has 0 aliphatic carbocycles. The van der Waals surface area contributed by atoms with Crippen LogP contribution < -0.4 is 5.32 Å². The Morgan fingerprint density at radius 3 is 2.62 bits per heavy atom. The van der Waals surface area contributed by atoms with Gasteiger partial charge in [-0.2, -0.15) is 0 Å². The van der Waals surface area contributed by atoms with E-state index in [1.165, 1.54) is 17.3 Å². The molecule has 0 saturated heterocycles. The lowest BCUT2D eigenvalue weighted by molar-refractivity contribution is -0.113. The fourth-order valence-corrected chi connectivity index (χ4v) is 5.17. The van der Waals surface area contributed by atoms with E-state index in [1.54, 1.807) is 11.8 Å². The minimum atomic E-state index is -0.0772. The van der Waals surface area contributed by atoms with Gasteiger partial charge in [-0.3, -0.25) is 4.79 Å². The highest BCUT2D eigenvalue weighted by Crippen LogP contribution is 2.27. The number of rotatable bonds is 10. The first-order chi connectivity index (χ1) is 15.4. The van der Waals surface area contributed by atoms with E-state index in [-0.39, 0.29) is 11.7 Å². The van der Waals surface area contributed by atoms with Gasteiger partial charge in [0.2, 0.25) is 5.91 Å². The number of allylic oxidation sites excluding steroid dienone is 1. The fourth-order valence-electron chi connectivity index (χ4n) is 2.93. The van der Waals surface area contributed by atoms with Crippen LogP contribution in [-0.2, 0) is 22.8 Å². The van der Waals surface area contributed by atoms with Crippen molar-refractivity contribution in [1.82, 2.24) is 14.8 Å². The van der Waals surface area contributed by atoms with Crippen LogP contribution in [0.4, 0.5) is 5.69 Å². The summed E-state index contributed by atoms with van der Waals surface area (Å²) in [5.41, 5.74) is 4.19. The lowest BCUT2D eigenvalue weighted by Crippen LogP contribution is -2.16. The van der Waals surface area contributed by atoms with E-state index in [9.17, 15) is 4.79 Å². The zero-order valence-electron chi connectivity index (χ0n) is 17.9. The Kier molecular flexibility index (Phi) is 9.28. The second kappa shape index (κ2) is 11.9. The monoisotopic (exact) mass is 550 g/mol. The Balaban J connectivity index is 1.58. The van der Waals surface area contributed by atoms with E-state index >= 15 is 0 Å². The summed E-state index contributed by atoms with van der Waals surface area (Å²) < 4.78 is 3.04. The Morgan fingerprint density at radius 2 is 1.91 bits per heavy atom. The highest BCUT2D eigenvalue weighted by molar-refractivity contribution is 9.10. The average molecular weight is 552 g/mol. The number of aromatic nitrogens is 3. The standard InChI is InChI=1S/C23H24BrClN4OS2/c1-4-11-29-21(13-31-12-17-5-7-18(25)8-6-17)27-28-23(29)32-14-22(30)26-20-10-9-19(24)15(2)16(20)3/h4-10H,1,11-14H2,2-3H3,(H,26,30). The van der Waals surface area contributed by atoms with Crippen LogP contribution in [0.25, 0.3) is 0 Å². The topological polar surface area (TPSA) is 59.8 Å². The van der Waals surface area contributed by atoms with E-state index < -0.39 is 0 Å². The number of anilines is 1. The number of thioether (sulfide) groups is 2. The molecule has 0 aliphatic rings. The van der Waals surface area contributed by atoms with E-state index in [2.05, 4.69) is 38.0 Å². The smallest absolute Gasteiger partial charge is 0.234 e. The van der Waals surface area contributed by atoms with Crippen LogP contribution in [0.15, 0.2) is 58.7 Å². The second-order valence-electron chi connectivity index (χ2n) is 7.10. The molecule has 0 radical (unpaired) electrons. The van der Waals surface area contributed by atoms with Crippen molar-refractivity contribution in [3.8, 4) is 0 Å². The van der Waals surface area contributed by atoms with E-state index in [4.69, 9.17) is 11.6 Å². The summed E-state index contributed by atoms with van der Waals surface area (Å²) in [5.74, 6) is 2.61. The van der Waals surface area contributed by atoms with Crippen LogP contribution in [-0.4, -0.2) is 26.4 Å². The Bertz CT molecular complexity index is 1100. The normalized spacial score (nSPS) is 10.9. The van der Waals surface area contributed by atoms with Crippen molar-refractivity contribution in [2.45, 2.75) is 37.1 Å². The zero-order valence-corrected chi connectivity index (χ0v) is 21.9. The van der Waals surface area contributed by atoms with Crippen molar-refractivity contribution in [3.05, 3.63) is 81.1 Å². The predicted molar refractivity (Wildman–Crippen MR) is 140 cm³/mol. The third-order valence-electron chi connectivity index (χ3n) is 4.85. The van der Waals surface area contributed by atoms with E-state index in [1.807, 2.05) is 60.9 Å². The molecule has 0 fully saturated rings. The molecule has 5 nitrogen and oxygen atoms in total. The molecule has 3 aromatic rings. The van der Waals surface area contributed by atoms with Crippen molar-refractivity contribution >= 4 is 62.6 Å². The molecule has 0 aliphatic heterocycles. The number of hydrogen-bond donors (Lipinski definition) is 1. The summed E-state index contributed by atoms with van der Waals surface area (Å²) in [5, 5.41) is 13.1. The lowest BCUT2D eigenvalue weighted by Gasteiger charge is -2.12. The third-order valence-corrected chi connectivity index (χ3v) is 7.92. The zero-order chi connectivity index (χ0) is 23.1. The number of halogens is 2. The molecule has 32 heavy (non-hydrogen) atoms. The molecule has 1 N–H and O–H groups in total. The molecule has 0 unspecified atom stereocenters. The highest BCUT2D eigenvalue weighted by Gasteiger charge is 2.15. The third kappa shape index (κ3) is 6.63. The Hall–Kier alpha value is -1.74. The molecule has 1 heterocycles. The minimum absolute atomic E-state index is 0.0772. The van der Waals surface area contributed by atoms with Gasteiger partial charge in [-0.25, -0.2) is 0 Å². The molecular formula is C23H24BrClN4OS2. The van der Waals surface area contributed by atoms with Gasteiger partial charge in [-0.15, -0.1) is 28.5 Å². The predicted octanol–water partition coefficient (Wildman–Crippen LogP) is 6.66. The summed E-state index contributed by atoms with van der Waals surface area (Å²) in [7, 11) is 0. The number of amides is 1. The van der Waals surface area contributed by atoms with Crippen molar-refractivity contribution in [3.63, 3.8) is 0 Å². The summed E-state index contributed by atoms with van der Waals surface area (Å²) in [6.45, 7) is 8.46. The van der Waals surface area contributed by atoms with E-state index in [0.717, 1.165) is 37.9 Å². The molecule has 9 heteroatoms. The molecular weight excluding hydrogens is 528 g/mol. The van der Waals surface area contributed by atoms with Crippen molar-refractivity contribution in [2.24, 2.45) is 0 Å². The van der Waals surface area contributed by atoms with Gasteiger partial charge in [-0.05, 0) is 54.8 Å². The fraction of sp³-hybridized carbons (Fsp3) is 0.261. The SMILES string of the molecule is C=CCn1c(CSCc2ccc(Cl)cc2)nnc1SCC(=O)Nc1ccc(Br)c(C)c1C. The first kappa shape index (κ1) is 24.9. The summed E-state index contributed by atoms with van der Waals surface area (Å²) in [6.07, 6.45) is 1.81. The summed E-state index contributed by atoms with van der Waals surface area (Å²) >= 11 is 12.6. The minimum Gasteiger partial charge on any atom is -0.325 e. The van der Waals surface area contributed by atoms with Gasteiger partial charge < -0.3 is 9.88 Å². The molecule has 0 bridgehead atoms. The van der Waals surface area contributed by atoms with Gasteiger partial charge in [0, 0.05) is 27.5 Å². The van der Waals surface area contributed by atoms with Gasteiger partial charge >= 0.3 is 0 Å². The number of nitrogens with zero attached hydrogens (tertiary/aromatic N) is 3. The number of carbonyl (C=O) groups excluding carboxylic acids is 1. The second-order valence-corrected chi connectivity index (χ2v) is 10.3. The maximum Gasteiger partial charge on any atom is 0.234 e. The number of carbonyl (C=O) groups is 1. The summed E-state index contributed by atoms with van der Waals surface area (Å²) in [6, 6.07) is 11.7.